The lowest BCUT2D eigenvalue weighted by molar-refractivity contribution is -0.564. The summed E-state index contributed by atoms with van der Waals surface area (Å²) in [4.78, 5) is 2.45. The molecule has 0 aromatic rings. The van der Waals surface area contributed by atoms with Crippen LogP contribution in [-0.2, 0) is 0 Å². The molecule has 0 saturated carbocycles. The summed E-state index contributed by atoms with van der Waals surface area (Å²) in [6.07, 6.45) is 9.90. The van der Waals surface area contributed by atoms with Crippen LogP contribution in [-0.4, -0.2) is 34.4 Å². The molecule has 12 heavy (non-hydrogen) atoms. The van der Waals surface area contributed by atoms with Crippen molar-refractivity contribution < 1.29 is 4.58 Å². The van der Waals surface area contributed by atoms with Crippen LogP contribution in [0.1, 0.15) is 26.7 Å². The quantitative estimate of drug-likeness (QED) is 0.533. The zero-order chi connectivity index (χ0) is 8.55. The van der Waals surface area contributed by atoms with E-state index in [2.05, 4.69) is 41.8 Å². The van der Waals surface area contributed by atoms with Crippen molar-refractivity contribution in [1.29, 1.82) is 0 Å². The maximum atomic E-state index is 2.45. The summed E-state index contributed by atoms with van der Waals surface area (Å²) in [6, 6.07) is 0.626. The Balaban J connectivity index is 2.19. The Bertz CT molecular complexity index is 228. The van der Waals surface area contributed by atoms with Crippen molar-refractivity contribution >= 4 is 6.21 Å². The third kappa shape index (κ3) is 1.15. The van der Waals surface area contributed by atoms with Gasteiger partial charge in [-0.1, -0.05) is 0 Å². The Hall–Kier alpha value is -0.790. The van der Waals surface area contributed by atoms with Gasteiger partial charge in [-0.3, -0.25) is 0 Å². The first-order chi connectivity index (χ1) is 5.79. The highest BCUT2D eigenvalue weighted by atomic mass is 15.3. The molecule has 2 rings (SSSR count). The molecule has 0 radical (unpaired) electrons. The van der Waals surface area contributed by atoms with Gasteiger partial charge >= 0.3 is 0 Å². The first-order valence-corrected chi connectivity index (χ1v) is 4.84. The topological polar surface area (TPSA) is 6.25 Å². The molecule has 2 heteroatoms. The molecule has 1 unspecified atom stereocenters. The van der Waals surface area contributed by atoms with E-state index in [1.807, 2.05) is 0 Å². The molecule has 0 aromatic heterocycles. The Morgan fingerprint density at radius 3 is 3.08 bits per heavy atom. The van der Waals surface area contributed by atoms with Crippen molar-refractivity contribution in [2.24, 2.45) is 0 Å². The van der Waals surface area contributed by atoms with Crippen LogP contribution in [0, 0.1) is 0 Å². The molecule has 0 N–H and O–H groups in total. The lowest BCUT2D eigenvalue weighted by atomic mass is 10.2. The van der Waals surface area contributed by atoms with Crippen LogP contribution in [0.2, 0.25) is 0 Å². The van der Waals surface area contributed by atoms with Gasteiger partial charge in [-0.2, -0.15) is 0 Å². The second-order valence-corrected chi connectivity index (χ2v) is 3.89. The smallest absolute Gasteiger partial charge is 0.228 e. The van der Waals surface area contributed by atoms with Gasteiger partial charge in [0.2, 0.25) is 6.17 Å². The van der Waals surface area contributed by atoms with E-state index in [1.165, 1.54) is 19.4 Å². The lowest BCUT2D eigenvalue weighted by Gasteiger charge is -2.29. The molecule has 0 bridgehead atoms. The normalized spacial score (nSPS) is 27.8. The average Bonchev–Trinajstić information content (AvgIpc) is 2.49. The minimum Gasteiger partial charge on any atom is -0.319 e. The maximum Gasteiger partial charge on any atom is 0.228 e. The molecule has 0 spiro atoms. The summed E-state index contributed by atoms with van der Waals surface area (Å²) in [5.41, 5.74) is 0. The predicted molar refractivity (Wildman–Crippen MR) is 50.3 cm³/mol. The van der Waals surface area contributed by atoms with Crippen LogP contribution in [0.4, 0.5) is 0 Å². The van der Waals surface area contributed by atoms with Gasteiger partial charge in [-0.25, -0.2) is 4.58 Å². The highest BCUT2D eigenvalue weighted by Gasteiger charge is 2.34. The van der Waals surface area contributed by atoms with E-state index in [9.17, 15) is 0 Å². The zero-order valence-corrected chi connectivity index (χ0v) is 7.90. The molecule has 0 aliphatic carbocycles. The third-order valence-corrected chi connectivity index (χ3v) is 2.74. The number of fused-ring (bicyclic) bond motifs is 1. The van der Waals surface area contributed by atoms with E-state index in [0.717, 1.165) is 0 Å². The number of nitrogens with zero attached hydrogens (tertiary/aromatic N) is 2. The Labute approximate surface area is 74.2 Å². The maximum absolute atomic E-state index is 2.45. The van der Waals surface area contributed by atoms with Gasteiger partial charge in [0.05, 0.1) is 0 Å². The number of hydrogen-bond acceptors (Lipinski definition) is 1. The summed E-state index contributed by atoms with van der Waals surface area (Å²) < 4.78 is 2.44. The van der Waals surface area contributed by atoms with E-state index in [-0.39, 0.29) is 0 Å². The van der Waals surface area contributed by atoms with Gasteiger partial charge in [0, 0.05) is 31.2 Å². The predicted octanol–water partition coefficient (Wildman–Crippen LogP) is 1.43. The van der Waals surface area contributed by atoms with Gasteiger partial charge in [-0.05, 0) is 13.8 Å². The van der Waals surface area contributed by atoms with Crippen LogP contribution in [0.15, 0.2) is 12.3 Å². The Morgan fingerprint density at radius 2 is 2.33 bits per heavy atom. The summed E-state index contributed by atoms with van der Waals surface area (Å²) in [5, 5.41) is 0. The molecular formula is C10H17N2+. The van der Waals surface area contributed by atoms with Crippen molar-refractivity contribution in [2.75, 3.05) is 6.54 Å². The van der Waals surface area contributed by atoms with Gasteiger partial charge < -0.3 is 4.90 Å². The second-order valence-electron chi connectivity index (χ2n) is 3.89. The molecule has 0 amide bonds. The summed E-state index contributed by atoms with van der Waals surface area (Å²) >= 11 is 0. The SMILES string of the molecule is CC(C)N1C=CC=[N+]2CCCC12. The van der Waals surface area contributed by atoms with E-state index >= 15 is 0 Å². The number of rotatable bonds is 1. The fraction of sp³-hybridized carbons (Fsp3) is 0.700. The molecule has 2 nitrogen and oxygen atoms in total. The number of hydrogen-bond donors (Lipinski definition) is 0. The molecule has 0 aromatic carbocycles. The molecule has 1 saturated heterocycles. The molecule has 1 fully saturated rings. The van der Waals surface area contributed by atoms with E-state index in [0.29, 0.717) is 12.2 Å². The summed E-state index contributed by atoms with van der Waals surface area (Å²) in [7, 11) is 0. The average molecular weight is 165 g/mol. The van der Waals surface area contributed by atoms with Crippen molar-refractivity contribution in [1.82, 2.24) is 4.90 Å². The minimum absolute atomic E-state index is 0.626. The fourth-order valence-corrected chi connectivity index (χ4v) is 2.13. The molecule has 1 atom stereocenters. The van der Waals surface area contributed by atoms with E-state index in [4.69, 9.17) is 0 Å². The first-order valence-electron chi connectivity index (χ1n) is 4.84. The molecule has 2 aliphatic heterocycles. The highest BCUT2D eigenvalue weighted by molar-refractivity contribution is 5.66. The van der Waals surface area contributed by atoms with E-state index in [1.54, 1.807) is 0 Å². The Morgan fingerprint density at radius 1 is 1.50 bits per heavy atom. The van der Waals surface area contributed by atoms with Crippen molar-refractivity contribution in [3.05, 3.63) is 12.3 Å². The van der Waals surface area contributed by atoms with Crippen LogP contribution in [0.25, 0.3) is 0 Å². The summed E-state index contributed by atoms with van der Waals surface area (Å²) in [5.74, 6) is 0. The van der Waals surface area contributed by atoms with E-state index < -0.39 is 0 Å². The zero-order valence-electron chi connectivity index (χ0n) is 7.90. The second kappa shape index (κ2) is 2.92. The minimum atomic E-state index is 0.626. The summed E-state index contributed by atoms with van der Waals surface area (Å²) in [6.45, 7) is 5.75. The largest absolute Gasteiger partial charge is 0.319 e. The monoisotopic (exact) mass is 165 g/mol. The molecule has 66 valence electrons. The van der Waals surface area contributed by atoms with Gasteiger partial charge in [0.25, 0.3) is 0 Å². The molecular weight excluding hydrogens is 148 g/mol. The van der Waals surface area contributed by atoms with Crippen LogP contribution in [0.3, 0.4) is 0 Å². The van der Waals surface area contributed by atoms with Crippen LogP contribution >= 0.6 is 0 Å². The Kier molecular flexibility index (Phi) is 1.91. The highest BCUT2D eigenvalue weighted by Crippen LogP contribution is 2.20. The van der Waals surface area contributed by atoms with Crippen molar-refractivity contribution in [2.45, 2.75) is 38.9 Å². The van der Waals surface area contributed by atoms with Crippen LogP contribution in [0.5, 0.6) is 0 Å². The lowest BCUT2D eigenvalue weighted by Crippen LogP contribution is -2.42. The first kappa shape index (κ1) is 7.84. The fourth-order valence-electron chi connectivity index (χ4n) is 2.13. The molecule has 2 heterocycles. The van der Waals surface area contributed by atoms with Crippen molar-refractivity contribution in [3.63, 3.8) is 0 Å². The van der Waals surface area contributed by atoms with Gasteiger partial charge in [-0.15, -0.1) is 0 Å². The van der Waals surface area contributed by atoms with Gasteiger partial charge in [0.1, 0.15) is 6.54 Å². The van der Waals surface area contributed by atoms with Crippen molar-refractivity contribution in [3.8, 4) is 0 Å². The number of allylic oxidation sites excluding steroid dienone is 1. The standard InChI is InChI=1S/C10H17N2/c1-9(2)12-8-4-7-11-6-3-5-10(11)12/h4,7-10H,3,5-6H2,1-2H3/q+1. The van der Waals surface area contributed by atoms with Gasteiger partial charge in [0.15, 0.2) is 6.21 Å². The van der Waals surface area contributed by atoms with Crippen LogP contribution < -0.4 is 0 Å². The molecule has 2 aliphatic rings. The third-order valence-electron chi connectivity index (χ3n) is 2.74.